The topological polar surface area (TPSA) is 0 Å². The van der Waals surface area contributed by atoms with Crippen molar-refractivity contribution in [3.63, 3.8) is 0 Å². The van der Waals surface area contributed by atoms with Crippen molar-refractivity contribution in [2.75, 3.05) is 0 Å². The number of rotatable bonds is 4. The molecule has 0 amide bonds. The molecule has 0 heteroatoms. The molecule has 0 bridgehead atoms. The largest absolute Gasteiger partial charge is 0.0619 e. The van der Waals surface area contributed by atoms with Crippen LogP contribution in [0.15, 0.2) is 0 Å². The minimum atomic E-state index is 0.935. The van der Waals surface area contributed by atoms with E-state index >= 15 is 0 Å². The predicted octanol–water partition coefficient (Wildman–Crippen LogP) is 4.66. The Morgan fingerprint density at radius 1 is 0.643 bits per heavy atom. The van der Waals surface area contributed by atoms with Crippen LogP contribution in [-0.2, 0) is 0 Å². The highest BCUT2D eigenvalue weighted by Crippen LogP contribution is 3.09. The molecule has 0 aromatic heterocycles. The van der Waals surface area contributed by atoms with Crippen molar-refractivity contribution in [1.29, 1.82) is 0 Å². The van der Waals surface area contributed by atoms with E-state index in [-0.39, 0.29) is 0 Å². The summed E-state index contributed by atoms with van der Waals surface area (Å²) in [5, 5.41) is 0. The maximum absolute atomic E-state index is 2.79. The van der Waals surface area contributed by atoms with Gasteiger partial charge in [-0.2, -0.15) is 0 Å². The molecule has 0 N–H and O–H groups in total. The van der Waals surface area contributed by atoms with Crippen LogP contribution in [0.25, 0.3) is 0 Å². The van der Waals surface area contributed by atoms with Gasteiger partial charge in [-0.1, -0.05) is 13.8 Å². The molecule has 0 heterocycles. The first kappa shape index (κ1) is 12.8. The second kappa shape index (κ2) is 2.78. The summed E-state index contributed by atoms with van der Waals surface area (Å²) < 4.78 is 0. The second-order valence-electron chi connectivity index (χ2n) is 15.7. The number of hydrogen-bond acceptors (Lipinski definition) is 0. The summed E-state index contributed by atoms with van der Waals surface area (Å²) in [5.74, 6) is 25.3. The fraction of sp³-hybridized carbons (Fsp3) is 1.00. The lowest BCUT2D eigenvalue weighted by molar-refractivity contribution is -0.627. The normalized spacial score (nSPS) is 98.1. The van der Waals surface area contributed by atoms with Crippen molar-refractivity contribution in [2.24, 2.45) is 135 Å². The van der Waals surface area contributed by atoms with Crippen LogP contribution >= 0.6 is 0 Å². The molecule has 0 aromatic rings. The Labute approximate surface area is 168 Å². The molecule has 14 saturated carbocycles. The van der Waals surface area contributed by atoms with Crippen LogP contribution in [0.1, 0.15) is 33.1 Å². The van der Waals surface area contributed by atoms with Crippen LogP contribution in [0, 0.1) is 135 Å². The SMILES string of the molecule is CC1C2C3CC4C1C2C34C(CC12C3C4C5C3C1C5C42)C12C(C)C3C4CC1C4C32. The Hall–Kier alpha value is 0. The van der Waals surface area contributed by atoms with Crippen LogP contribution in [0.2, 0.25) is 0 Å². The Bertz CT molecular complexity index is 921. The summed E-state index contributed by atoms with van der Waals surface area (Å²) >= 11 is 0. The van der Waals surface area contributed by atoms with Gasteiger partial charge in [-0.25, -0.2) is 0 Å². The summed E-state index contributed by atoms with van der Waals surface area (Å²) in [5.41, 5.74) is 2.91. The van der Waals surface area contributed by atoms with Gasteiger partial charge in [0.1, 0.15) is 0 Å². The van der Waals surface area contributed by atoms with Crippen LogP contribution in [0.3, 0.4) is 0 Å². The first-order chi connectivity index (χ1) is 13.7. The third kappa shape index (κ3) is 0.612. The molecule has 144 valence electrons. The van der Waals surface area contributed by atoms with Gasteiger partial charge in [0, 0.05) is 0 Å². The molecule has 14 aliphatic rings. The van der Waals surface area contributed by atoms with Gasteiger partial charge in [-0.3, -0.25) is 0 Å². The van der Waals surface area contributed by atoms with Crippen molar-refractivity contribution in [3.05, 3.63) is 0 Å². The van der Waals surface area contributed by atoms with Crippen LogP contribution in [0.4, 0.5) is 0 Å². The van der Waals surface area contributed by atoms with Gasteiger partial charge in [-0.05, 0) is 154 Å². The van der Waals surface area contributed by atoms with Gasteiger partial charge in [0.15, 0.2) is 0 Å². The van der Waals surface area contributed by atoms with Gasteiger partial charge >= 0.3 is 0 Å². The molecular formula is C28H32. The number of fused-ring (bicyclic) bond motifs is 4. The van der Waals surface area contributed by atoms with Crippen molar-refractivity contribution < 1.29 is 0 Å². The van der Waals surface area contributed by atoms with Gasteiger partial charge in [0.05, 0.1) is 0 Å². The predicted molar refractivity (Wildman–Crippen MR) is 102 cm³/mol. The summed E-state index contributed by atoms with van der Waals surface area (Å²) in [6, 6.07) is 0. The Balaban J connectivity index is 1.01. The Kier molecular flexibility index (Phi) is 1.27. The first-order valence-corrected chi connectivity index (χ1v) is 13.7. The van der Waals surface area contributed by atoms with Crippen molar-refractivity contribution in [1.82, 2.24) is 0 Å². The highest BCUT2D eigenvalue weighted by molar-refractivity contribution is 5.52. The quantitative estimate of drug-likeness (QED) is 0.677. The zero-order valence-corrected chi connectivity index (χ0v) is 17.2. The van der Waals surface area contributed by atoms with E-state index in [1.807, 2.05) is 6.42 Å². The van der Waals surface area contributed by atoms with Gasteiger partial charge < -0.3 is 0 Å². The molecule has 0 saturated heterocycles. The zero-order valence-electron chi connectivity index (χ0n) is 17.2. The molecule has 28 heavy (non-hydrogen) atoms. The van der Waals surface area contributed by atoms with Crippen molar-refractivity contribution in [3.8, 4) is 0 Å². The van der Waals surface area contributed by atoms with Gasteiger partial charge in [0.25, 0.3) is 0 Å². The summed E-state index contributed by atoms with van der Waals surface area (Å²) in [6.07, 6.45) is 5.24. The Morgan fingerprint density at radius 3 is 1.86 bits per heavy atom. The lowest BCUT2D eigenvalue weighted by Gasteiger charge is -3.09. The van der Waals surface area contributed by atoms with Crippen molar-refractivity contribution >= 4 is 0 Å². The molecule has 0 aliphatic heterocycles. The molecular weight excluding hydrogens is 336 g/mol. The van der Waals surface area contributed by atoms with E-state index < -0.39 is 0 Å². The lowest BCUT2D eigenvalue weighted by Crippen LogP contribution is -3.06. The summed E-state index contributed by atoms with van der Waals surface area (Å²) in [4.78, 5) is 0. The Morgan fingerprint density at radius 2 is 1.29 bits per heavy atom. The molecule has 12 atom stereocenters. The molecule has 14 aliphatic carbocycles. The highest BCUT2D eigenvalue weighted by atomic mass is 15.1. The molecule has 0 spiro atoms. The summed E-state index contributed by atoms with van der Waals surface area (Å²) in [7, 11) is 0. The van der Waals surface area contributed by atoms with Crippen molar-refractivity contribution in [2.45, 2.75) is 33.1 Å². The van der Waals surface area contributed by atoms with E-state index in [0.717, 1.165) is 28.1 Å². The monoisotopic (exact) mass is 368 g/mol. The van der Waals surface area contributed by atoms with Gasteiger partial charge in [0.2, 0.25) is 0 Å². The zero-order chi connectivity index (χ0) is 17.2. The van der Waals surface area contributed by atoms with E-state index in [4.69, 9.17) is 0 Å². The minimum absolute atomic E-state index is 0.935. The van der Waals surface area contributed by atoms with E-state index in [1.165, 1.54) is 107 Å². The molecule has 0 nitrogen and oxygen atoms in total. The average Bonchev–Trinajstić information content (AvgIpc) is 2.72. The third-order valence-electron chi connectivity index (χ3n) is 18.2. The molecule has 14 rings (SSSR count). The van der Waals surface area contributed by atoms with Crippen LogP contribution in [0.5, 0.6) is 0 Å². The van der Waals surface area contributed by atoms with Gasteiger partial charge in [-0.15, -0.1) is 0 Å². The van der Waals surface area contributed by atoms with E-state index in [2.05, 4.69) is 13.8 Å². The second-order valence-corrected chi connectivity index (χ2v) is 15.7. The van der Waals surface area contributed by atoms with E-state index in [9.17, 15) is 0 Å². The van der Waals surface area contributed by atoms with E-state index in [0.29, 0.717) is 0 Å². The average molecular weight is 369 g/mol. The number of hydrogen-bond donors (Lipinski definition) is 0. The molecule has 12 unspecified atom stereocenters. The molecule has 0 aromatic carbocycles. The summed E-state index contributed by atoms with van der Waals surface area (Å²) in [6.45, 7) is 5.45. The van der Waals surface area contributed by atoms with Crippen LogP contribution in [-0.4, -0.2) is 0 Å². The maximum Gasteiger partial charge on any atom is -0.0167 e. The first-order valence-electron chi connectivity index (χ1n) is 13.7. The molecule has 0 radical (unpaired) electrons. The maximum atomic E-state index is 2.79. The fourth-order valence-corrected chi connectivity index (χ4v) is 18.6. The highest BCUT2D eigenvalue weighted by Gasteiger charge is 3.05. The standard InChI is InChI=1S/C28H32/c1-6-13-10-4-11-14(6)24(13)28(10,11)12(27-7(2)15-8-3-9(27)16(8)25(15)27)5-26-21-18-17-19(21)23(26)20(17)22(18)26/h6-25H,3-5H2,1-2H3. The third-order valence-corrected chi connectivity index (χ3v) is 18.2. The fourth-order valence-electron chi connectivity index (χ4n) is 18.6. The minimum Gasteiger partial charge on any atom is -0.0619 e. The smallest absolute Gasteiger partial charge is 0.0167 e. The van der Waals surface area contributed by atoms with Crippen LogP contribution < -0.4 is 0 Å². The van der Waals surface area contributed by atoms with E-state index in [1.54, 1.807) is 12.8 Å². The lowest BCUT2D eigenvalue weighted by atomic mass is 8.95. The molecule has 14 fully saturated rings.